The van der Waals surface area contributed by atoms with E-state index in [4.69, 9.17) is 0 Å². The molecular weight excluding hydrogens is 336 g/mol. The molecule has 0 saturated carbocycles. The van der Waals surface area contributed by atoms with E-state index in [0.717, 1.165) is 48.9 Å². The number of piperidine rings is 1. The van der Waals surface area contributed by atoms with E-state index in [0.29, 0.717) is 6.54 Å². The molecule has 1 fully saturated rings. The van der Waals surface area contributed by atoms with Crippen LogP contribution in [-0.4, -0.2) is 35.8 Å². The highest BCUT2D eigenvalue weighted by atomic mass is 16.2. The largest absolute Gasteiger partial charge is 0.356 e. The van der Waals surface area contributed by atoms with Crippen molar-refractivity contribution in [2.75, 3.05) is 13.1 Å². The molecule has 0 bridgehead atoms. The first-order chi connectivity index (χ1) is 13.1. The summed E-state index contributed by atoms with van der Waals surface area (Å²) in [6.07, 6.45) is 3.97. The van der Waals surface area contributed by atoms with Crippen molar-refractivity contribution >= 4 is 11.8 Å². The van der Waals surface area contributed by atoms with Gasteiger partial charge in [0.05, 0.1) is 0 Å². The number of carbonyl (C=O) groups excluding carboxylic acids is 2. The van der Waals surface area contributed by atoms with Gasteiger partial charge in [-0.25, -0.2) is 0 Å². The molecule has 27 heavy (non-hydrogen) atoms. The van der Waals surface area contributed by atoms with E-state index < -0.39 is 0 Å². The van der Waals surface area contributed by atoms with Crippen molar-refractivity contribution in [2.45, 2.75) is 45.6 Å². The van der Waals surface area contributed by atoms with Crippen LogP contribution in [-0.2, 0) is 4.79 Å². The molecule has 1 aliphatic rings. The maximum absolute atomic E-state index is 13.4. The minimum atomic E-state index is -0.0199. The molecule has 0 unspecified atom stereocenters. The van der Waals surface area contributed by atoms with Crippen molar-refractivity contribution in [1.29, 1.82) is 0 Å². The summed E-state index contributed by atoms with van der Waals surface area (Å²) < 4.78 is 0. The van der Waals surface area contributed by atoms with E-state index in [9.17, 15) is 9.59 Å². The van der Waals surface area contributed by atoms with Crippen molar-refractivity contribution < 1.29 is 9.59 Å². The van der Waals surface area contributed by atoms with Crippen molar-refractivity contribution in [3.8, 4) is 11.1 Å². The Labute approximate surface area is 161 Å². The predicted octanol–water partition coefficient (Wildman–Crippen LogP) is 4.18. The van der Waals surface area contributed by atoms with Gasteiger partial charge in [0.1, 0.15) is 0 Å². The molecule has 4 nitrogen and oxygen atoms in total. The highest BCUT2D eigenvalue weighted by molar-refractivity contribution is 6.01. The molecule has 1 saturated heterocycles. The first kappa shape index (κ1) is 19.2. The van der Waals surface area contributed by atoms with Crippen LogP contribution < -0.4 is 5.32 Å². The number of hydrogen-bond donors (Lipinski definition) is 1. The molecule has 3 rings (SSSR count). The lowest BCUT2D eigenvalue weighted by atomic mass is 9.94. The molecule has 1 N–H and O–H groups in total. The van der Waals surface area contributed by atoms with Gasteiger partial charge in [-0.05, 0) is 49.8 Å². The summed E-state index contributed by atoms with van der Waals surface area (Å²) in [7, 11) is 0. The molecule has 4 heteroatoms. The number of aryl methyl sites for hydroxylation is 1. The maximum atomic E-state index is 13.4. The van der Waals surface area contributed by atoms with Crippen LogP contribution in [0.1, 0.15) is 48.5 Å². The summed E-state index contributed by atoms with van der Waals surface area (Å²) in [5, 5.41) is 2.86. The van der Waals surface area contributed by atoms with Crippen LogP contribution in [0.3, 0.4) is 0 Å². The van der Waals surface area contributed by atoms with Gasteiger partial charge in [-0.15, -0.1) is 0 Å². The first-order valence-corrected chi connectivity index (χ1v) is 9.78. The third-order valence-electron chi connectivity index (χ3n) is 5.23. The van der Waals surface area contributed by atoms with Crippen LogP contribution in [0.15, 0.2) is 48.5 Å². The third-order valence-corrected chi connectivity index (χ3v) is 5.23. The smallest absolute Gasteiger partial charge is 0.254 e. The first-order valence-electron chi connectivity index (χ1n) is 9.78. The summed E-state index contributed by atoms with van der Waals surface area (Å²) in [6.45, 7) is 4.99. The summed E-state index contributed by atoms with van der Waals surface area (Å²) in [6, 6.07) is 16.3. The molecule has 0 aromatic heterocycles. The van der Waals surface area contributed by atoms with E-state index in [2.05, 4.69) is 30.4 Å². The van der Waals surface area contributed by atoms with Crippen LogP contribution in [0, 0.1) is 6.92 Å². The number of likely N-dealkylation sites (tertiary alicyclic amines) is 1. The van der Waals surface area contributed by atoms with Gasteiger partial charge in [-0.1, -0.05) is 48.0 Å². The van der Waals surface area contributed by atoms with Gasteiger partial charge in [0.2, 0.25) is 5.91 Å². The van der Waals surface area contributed by atoms with Gasteiger partial charge in [0.25, 0.3) is 5.91 Å². The van der Waals surface area contributed by atoms with Gasteiger partial charge >= 0.3 is 0 Å². The lowest BCUT2D eigenvalue weighted by Gasteiger charge is -2.36. The Morgan fingerprint density at radius 3 is 2.70 bits per heavy atom. The zero-order chi connectivity index (χ0) is 19.2. The zero-order valence-electron chi connectivity index (χ0n) is 16.2. The maximum Gasteiger partial charge on any atom is 0.254 e. The number of amides is 2. The van der Waals surface area contributed by atoms with E-state index in [1.54, 1.807) is 0 Å². The van der Waals surface area contributed by atoms with E-state index in [-0.39, 0.29) is 17.9 Å². The molecule has 2 aromatic rings. The molecule has 1 atom stereocenters. The highest BCUT2D eigenvalue weighted by Crippen LogP contribution is 2.28. The molecule has 1 heterocycles. The second-order valence-electron chi connectivity index (χ2n) is 7.33. The molecule has 0 spiro atoms. The molecule has 0 aliphatic carbocycles. The Bertz CT molecular complexity index is 816. The number of benzene rings is 2. The molecule has 2 aromatic carbocycles. The number of carbonyl (C=O) groups is 2. The van der Waals surface area contributed by atoms with Crippen molar-refractivity contribution in [1.82, 2.24) is 10.2 Å². The van der Waals surface area contributed by atoms with Crippen LogP contribution in [0.5, 0.6) is 0 Å². The summed E-state index contributed by atoms with van der Waals surface area (Å²) in [5.74, 6) is 0.0770. The minimum Gasteiger partial charge on any atom is -0.356 e. The Balaban J connectivity index is 1.84. The van der Waals surface area contributed by atoms with Crippen molar-refractivity contribution in [3.63, 3.8) is 0 Å². The van der Waals surface area contributed by atoms with E-state index in [1.807, 2.05) is 35.2 Å². The standard InChI is InChI=1S/C23H28N2O2/c1-17-8-7-9-19(16-17)21-11-3-4-12-22(21)23(27)25-15-6-5-10-20(25)13-14-24-18(2)26/h3-4,7-9,11-12,16,20H,5-6,10,13-15H2,1-2H3,(H,24,26)/t20-/m1/s1. The van der Waals surface area contributed by atoms with Crippen LogP contribution in [0.4, 0.5) is 0 Å². The van der Waals surface area contributed by atoms with E-state index >= 15 is 0 Å². The number of nitrogens with one attached hydrogen (secondary N) is 1. The van der Waals surface area contributed by atoms with Gasteiger partial charge in [0, 0.05) is 31.6 Å². The lowest BCUT2D eigenvalue weighted by molar-refractivity contribution is -0.119. The summed E-state index contributed by atoms with van der Waals surface area (Å²) in [4.78, 5) is 26.6. The number of rotatable bonds is 5. The Morgan fingerprint density at radius 2 is 1.93 bits per heavy atom. The lowest BCUT2D eigenvalue weighted by Crippen LogP contribution is -2.45. The third kappa shape index (κ3) is 4.76. The van der Waals surface area contributed by atoms with Crippen LogP contribution >= 0.6 is 0 Å². The SMILES string of the molecule is CC(=O)NCC[C@H]1CCCCN1C(=O)c1ccccc1-c1cccc(C)c1. The zero-order valence-corrected chi connectivity index (χ0v) is 16.2. The monoisotopic (exact) mass is 364 g/mol. The second kappa shape index (κ2) is 8.85. The quantitative estimate of drug-likeness (QED) is 0.865. The summed E-state index contributed by atoms with van der Waals surface area (Å²) in [5.41, 5.74) is 4.00. The van der Waals surface area contributed by atoms with Gasteiger partial charge in [-0.2, -0.15) is 0 Å². The van der Waals surface area contributed by atoms with Crippen LogP contribution in [0.2, 0.25) is 0 Å². The van der Waals surface area contributed by atoms with Crippen molar-refractivity contribution in [2.24, 2.45) is 0 Å². The fourth-order valence-corrected chi connectivity index (χ4v) is 3.87. The van der Waals surface area contributed by atoms with Gasteiger partial charge < -0.3 is 10.2 Å². The van der Waals surface area contributed by atoms with E-state index in [1.165, 1.54) is 12.5 Å². The fourth-order valence-electron chi connectivity index (χ4n) is 3.87. The average Bonchev–Trinajstić information content (AvgIpc) is 2.67. The summed E-state index contributed by atoms with van der Waals surface area (Å²) >= 11 is 0. The van der Waals surface area contributed by atoms with Gasteiger partial charge in [-0.3, -0.25) is 9.59 Å². The Hall–Kier alpha value is -2.62. The minimum absolute atomic E-state index is 0.0199. The van der Waals surface area contributed by atoms with Crippen molar-refractivity contribution in [3.05, 3.63) is 59.7 Å². The molecule has 1 aliphatic heterocycles. The topological polar surface area (TPSA) is 49.4 Å². The Kier molecular flexibility index (Phi) is 6.28. The van der Waals surface area contributed by atoms with Crippen LogP contribution in [0.25, 0.3) is 11.1 Å². The second-order valence-corrected chi connectivity index (χ2v) is 7.33. The number of hydrogen-bond acceptors (Lipinski definition) is 2. The molecule has 2 amide bonds. The molecule has 142 valence electrons. The van der Waals surface area contributed by atoms with Gasteiger partial charge in [0.15, 0.2) is 0 Å². The predicted molar refractivity (Wildman–Crippen MR) is 109 cm³/mol. The highest BCUT2D eigenvalue weighted by Gasteiger charge is 2.28. The average molecular weight is 364 g/mol. The fraction of sp³-hybridized carbons (Fsp3) is 0.391. The number of nitrogens with zero attached hydrogens (tertiary/aromatic N) is 1. The normalized spacial score (nSPS) is 16.8. The molecule has 0 radical (unpaired) electrons. The Morgan fingerprint density at radius 1 is 1.11 bits per heavy atom. The molecular formula is C23H28N2O2.